The first kappa shape index (κ1) is 16.4. The van der Waals surface area contributed by atoms with E-state index in [0.29, 0.717) is 12.1 Å². The second kappa shape index (κ2) is 7.90. The van der Waals surface area contributed by atoms with Gasteiger partial charge >= 0.3 is 0 Å². The average molecular weight is 314 g/mol. The molecule has 2 aromatic carbocycles. The molecular formula is C18H22N2OS. The average Bonchev–Trinajstić information content (AvgIpc) is 2.59. The lowest BCUT2D eigenvalue weighted by atomic mass is 10.2. The van der Waals surface area contributed by atoms with Crippen molar-refractivity contribution in [3.05, 3.63) is 60.2 Å². The van der Waals surface area contributed by atoms with Crippen molar-refractivity contribution in [2.24, 2.45) is 0 Å². The van der Waals surface area contributed by atoms with Gasteiger partial charge in [-0.15, -0.1) is 11.8 Å². The molecule has 0 bridgehead atoms. The van der Waals surface area contributed by atoms with Gasteiger partial charge in [0.05, 0.1) is 0 Å². The maximum Gasteiger partial charge on any atom is 0.251 e. The first-order valence-corrected chi connectivity index (χ1v) is 8.54. The second-order valence-electron chi connectivity index (χ2n) is 5.23. The molecule has 0 heterocycles. The van der Waals surface area contributed by atoms with Gasteiger partial charge in [0.15, 0.2) is 0 Å². The van der Waals surface area contributed by atoms with Crippen molar-refractivity contribution in [1.82, 2.24) is 5.32 Å². The Hall–Kier alpha value is -1.94. The summed E-state index contributed by atoms with van der Waals surface area (Å²) in [6, 6.07) is 18.1. The van der Waals surface area contributed by atoms with Crippen LogP contribution in [0.4, 0.5) is 5.69 Å². The maximum absolute atomic E-state index is 12.2. The lowest BCUT2D eigenvalue weighted by Gasteiger charge is -2.27. The minimum Gasteiger partial charge on any atom is -0.370 e. The van der Waals surface area contributed by atoms with Crippen LogP contribution in [0.2, 0.25) is 0 Å². The van der Waals surface area contributed by atoms with Crippen LogP contribution in [0.15, 0.2) is 59.5 Å². The molecule has 0 spiro atoms. The number of benzene rings is 2. The fourth-order valence-corrected chi connectivity index (χ4v) is 2.55. The molecule has 0 aromatic heterocycles. The van der Waals surface area contributed by atoms with E-state index in [-0.39, 0.29) is 11.9 Å². The summed E-state index contributed by atoms with van der Waals surface area (Å²) < 4.78 is 0. The quantitative estimate of drug-likeness (QED) is 0.826. The van der Waals surface area contributed by atoms with Crippen LogP contribution in [-0.2, 0) is 0 Å². The third kappa shape index (κ3) is 4.28. The number of anilines is 1. The van der Waals surface area contributed by atoms with Crippen molar-refractivity contribution in [2.75, 3.05) is 24.7 Å². The van der Waals surface area contributed by atoms with E-state index in [1.54, 1.807) is 11.8 Å². The summed E-state index contributed by atoms with van der Waals surface area (Å²) in [7, 11) is 2.04. The van der Waals surface area contributed by atoms with Crippen LogP contribution in [-0.4, -0.2) is 31.8 Å². The summed E-state index contributed by atoms with van der Waals surface area (Å²) in [5.74, 6) is -0.0269. The number of hydrogen-bond acceptors (Lipinski definition) is 3. The lowest BCUT2D eigenvalue weighted by molar-refractivity contribution is 0.0951. The van der Waals surface area contributed by atoms with E-state index in [4.69, 9.17) is 0 Å². The monoisotopic (exact) mass is 314 g/mol. The molecule has 116 valence electrons. The number of para-hydroxylation sites is 1. The molecule has 0 fully saturated rings. The highest BCUT2D eigenvalue weighted by Crippen LogP contribution is 2.15. The zero-order valence-electron chi connectivity index (χ0n) is 13.2. The van der Waals surface area contributed by atoms with Gasteiger partial charge in [-0.1, -0.05) is 18.2 Å². The molecule has 3 nitrogen and oxygen atoms in total. The first-order chi connectivity index (χ1) is 10.6. The van der Waals surface area contributed by atoms with E-state index in [1.165, 1.54) is 0 Å². The summed E-state index contributed by atoms with van der Waals surface area (Å²) in [6.07, 6.45) is 2.02. The predicted octanol–water partition coefficient (Wildman–Crippen LogP) is 3.66. The van der Waals surface area contributed by atoms with E-state index in [2.05, 4.69) is 29.3 Å². The van der Waals surface area contributed by atoms with Crippen LogP contribution >= 0.6 is 11.8 Å². The van der Waals surface area contributed by atoms with Gasteiger partial charge in [-0.25, -0.2) is 0 Å². The van der Waals surface area contributed by atoms with Gasteiger partial charge in [0.1, 0.15) is 0 Å². The third-order valence-corrected chi connectivity index (χ3v) is 4.48. The van der Waals surface area contributed by atoms with Gasteiger partial charge in [0, 0.05) is 35.8 Å². The minimum atomic E-state index is -0.0269. The fourth-order valence-electron chi connectivity index (χ4n) is 2.14. The number of carbonyl (C=O) groups excluding carboxylic acids is 1. The molecule has 4 heteroatoms. The lowest BCUT2D eigenvalue weighted by Crippen LogP contribution is -2.40. The molecule has 0 saturated carbocycles. The highest BCUT2D eigenvalue weighted by Gasteiger charge is 2.12. The Kier molecular flexibility index (Phi) is 5.90. The van der Waals surface area contributed by atoms with E-state index in [9.17, 15) is 4.79 Å². The standard InChI is InChI=1S/C18H22N2OS/c1-14(20(2)16-7-5-4-6-8-16)13-19-18(21)15-9-11-17(22-3)12-10-15/h4-12,14H,13H2,1-3H3,(H,19,21). The number of carbonyl (C=O) groups is 1. The molecule has 0 aliphatic rings. The van der Waals surface area contributed by atoms with Gasteiger partial charge in [-0.05, 0) is 49.6 Å². The zero-order chi connectivity index (χ0) is 15.9. The number of thioether (sulfide) groups is 1. The van der Waals surface area contributed by atoms with E-state index < -0.39 is 0 Å². The molecule has 1 unspecified atom stereocenters. The largest absolute Gasteiger partial charge is 0.370 e. The Morgan fingerprint density at radius 1 is 1.14 bits per heavy atom. The Labute approximate surface area is 136 Å². The van der Waals surface area contributed by atoms with Crippen molar-refractivity contribution in [3.63, 3.8) is 0 Å². The molecular weight excluding hydrogens is 292 g/mol. The topological polar surface area (TPSA) is 32.3 Å². The van der Waals surface area contributed by atoms with Gasteiger partial charge in [-0.2, -0.15) is 0 Å². The molecule has 1 amide bonds. The molecule has 22 heavy (non-hydrogen) atoms. The molecule has 0 aliphatic heterocycles. The van der Waals surface area contributed by atoms with E-state index in [0.717, 1.165) is 10.6 Å². The van der Waals surface area contributed by atoms with Crippen LogP contribution < -0.4 is 10.2 Å². The highest BCUT2D eigenvalue weighted by atomic mass is 32.2. The van der Waals surface area contributed by atoms with Gasteiger partial charge in [-0.3, -0.25) is 4.79 Å². The van der Waals surface area contributed by atoms with E-state index >= 15 is 0 Å². The molecule has 0 aliphatic carbocycles. The Morgan fingerprint density at radius 3 is 2.36 bits per heavy atom. The van der Waals surface area contributed by atoms with Crippen LogP contribution in [0, 0.1) is 0 Å². The number of amides is 1. The van der Waals surface area contributed by atoms with Gasteiger partial charge in [0.2, 0.25) is 0 Å². The molecule has 2 aromatic rings. The third-order valence-electron chi connectivity index (χ3n) is 3.73. The summed E-state index contributed by atoms with van der Waals surface area (Å²) in [4.78, 5) is 15.5. The van der Waals surface area contributed by atoms with E-state index in [1.807, 2.05) is 55.8 Å². The summed E-state index contributed by atoms with van der Waals surface area (Å²) in [5, 5.41) is 3.00. The number of hydrogen-bond donors (Lipinski definition) is 1. The maximum atomic E-state index is 12.2. The van der Waals surface area contributed by atoms with Crippen molar-refractivity contribution in [1.29, 1.82) is 0 Å². The summed E-state index contributed by atoms with van der Waals surface area (Å²) >= 11 is 1.67. The minimum absolute atomic E-state index is 0.0269. The smallest absolute Gasteiger partial charge is 0.251 e. The van der Waals surface area contributed by atoms with Crippen molar-refractivity contribution in [2.45, 2.75) is 17.9 Å². The molecule has 1 N–H and O–H groups in total. The summed E-state index contributed by atoms with van der Waals surface area (Å²) in [5.41, 5.74) is 1.85. The summed E-state index contributed by atoms with van der Waals surface area (Å²) in [6.45, 7) is 2.71. The number of nitrogens with zero attached hydrogens (tertiary/aromatic N) is 1. The second-order valence-corrected chi connectivity index (χ2v) is 6.11. The molecule has 0 radical (unpaired) electrons. The Morgan fingerprint density at radius 2 is 1.77 bits per heavy atom. The highest BCUT2D eigenvalue weighted by molar-refractivity contribution is 7.98. The van der Waals surface area contributed by atoms with Crippen LogP contribution in [0.1, 0.15) is 17.3 Å². The van der Waals surface area contributed by atoms with Crippen LogP contribution in [0.5, 0.6) is 0 Å². The number of nitrogens with one attached hydrogen (secondary N) is 1. The molecule has 2 rings (SSSR count). The van der Waals surface area contributed by atoms with Crippen molar-refractivity contribution >= 4 is 23.4 Å². The van der Waals surface area contributed by atoms with Crippen molar-refractivity contribution < 1.29 is 4.79 Å². The van der Waals surface area contributed by atoms with Gasteiger partial charge in [0.25, 0.3) is 5.91 Å². The molecule has 0 saturated heterocycles. The SMILES string of the molecule is CSc1ccc(C(=O)NCC(C)N(C)c2ccccc2)cc1. The zero-order valence-corrected chi connectivity index (χ0v) is 14.1. The Bertz CT molecular complexity index is 598. The Balaban J connectivity index is 1.89. The van der Waals surface area contributed by atoms with Gasteiger partial charge < -0.3 is 10.2 Å². The normalized spacial score (nSPS) is 11.8. The molecule has 1 atom stereocenters. The van der Waals surface area contributed by atoms with Crippen LogP contribution in [0.25, 0.3) is 0 Å². The first-order valence-electron chi connectivity index (χ1n) is 7.32. The van der Waals surface area contributed by atoms with Crippen LogP contribution in [0.3, 0.4) is 0 Å². The number of rotatable bonds is 6. The number of likely N-dealkylation sites (N-methyl/N-ethyl adjacent to an activating group) is 1. The fraction of sp³-hybridized carbons (Fsp3) is 0.278. The predicted molar refractivity (Wildman–Crippen MR) is 94.9 cm³/mol. The van der Waals surface area contributed by atoms with Crippen molar-refractivity contribution in [3.8, 4) is 0 Å².